The van der Waals surface area contributed by atoms with Crippen molar-refractivity contribution in [2.75, 3.05) is 13.7 Å². The third-order valence-electron chi connectivity index (χ3n) is 4.30. The summed E-state index contributed by atoms with van der Waals surface area (Å²) in [5.74, 6) is 0.853. The van der Waals surface area contributed by atoms with Gasteiger partial charge in [0.15, 0.2) is 4.77 Å². The Morgan fingerprint density at radius 1 is 1.32 bits per heavy atom. The zero-order chi connectivity index (χ0) is 17.2. The van der Waals surface area contributed by atoms with Crippen LogP contribution in [-0.2, 0) is 19.5 Å². The molecule has 2 aromatic heterocycles. The Balaban J connectivity index is 1.48. The average molecular weight is 371 g/mol. The number of aromatic nitrogens is 3. The molecule has 1 N–H and O–H groups in total. The highest BCUT2D eigenvalue weighted by molar-refractivity contribution is 7.71. The molecule has 128 valence electrons. The van der Waals surface area contributed by atoms with Crippen LogP contribution in [-0.4, -0.2) is 33.5 Å². The van der Waals surface area contributed by atoms with Crippen molar-refractivity contribution in [3.05, 3.63) is 57.6 Å². The van der Waals surface area contributed by atoms with E-state index in [0.29, 0.717) is 4.77 Å². The number of benzene rings is 1. The maximum absolute atomic E-state index is 5.30. The zero-order valence-corrected chi connectivity index (χ0v) is 15.5. The molecule has 0 amide bonds. The topological polar surface area (TPSA) is 54.0 Å². The Morgan fingerprint density at radius 3 is 3.12 bits per heavy atom. The van der Waals surface area contributed by atoms with E-state index in [0.717, 1.165) is 42.4 Å². The summed E-state index contributed by atoms with van der Waals surface area (Å²) in [7, 11) is 1.68. The lowest BCUT2D eigenvalue weighted by molar-refractivity contribution is 0.244. The smallest absolute Gasteiger partial charge is 0.196 e. The summed E-state index contributed by atoms with van der Waals surface area (Å²) in [5, 5.41) is 1.03. The lowest BCUT2D eigenvalue weighted by Crippen LogP contribution is -2.30. The highest BCUT2D eigenvalue weighted by Gasteiger charge is 2.18. The maximum atomic E-state index is 5.30. The van der Waals surface area contributed by atoms with Crippen molar-refractivity contribution in [3.8, 4) is 16.3 Å². The van der Waals surface area contributed by atoms with E-state index in [1.54, 1.807) is 18.4 Å². The number of nitrogens with zero attached hydrogens (tertiary/aromatic N) is 3. The lowest BCUT2D eigenvalue weighted by Gasteiger charge is -2.27. The van der Waals surface area contributed by atoms with Crippen LogP contribution in [0.25, 0.3) is 10.6 Å². The molecule has 0 aliphatic carbocycles. The fourth-order valence-electron chi connectivity index (χ4n) is 3.03. The summed E-state index contributed by atoms with van der Waals surface area (Å²) >= 11 is 6.84. The van der Waals surface area contributed by atoms with E-state index >= 15 is 0 Å². The number of aromatic amines is 1. The van der Waals surface area contributed by atoms with E-state index in [1.807, 2.05) is 30.6 Å². The number of fused-ring (bicyclic) bond motifs is 1. The van der Waals surface area contributed by atoms with Gasteiger partial charge < -0.3 is 9.72 Å². The molecule has 0 radical (unpaired) electrons. The fourth-order valence-corrected chi connectivity index (χ4v) is 4.16. The van der Waals surface area contributed by atoms with Crippen LogP contribution in [0.5, 0.6) is 5.75 Å². The van der Waals surface area contributed by atoms with Gasteiger partial charge in [0, 0.05) is 60.1 Å². The molecule has 0 unspecified atom stereocenters. The zero-order valence-electron chi connectivity index (χ0n) is 13.9. The van der Waals surface area contributed by atoms with Crippen molar-refractivity contribution in [1.82, 2.24) is 19.9 Å². The molecule has 0 spiro atoms. The van der Waals surface area contributed by atoms with Crippen LogP contribution in [0.1, 0.15) is 16.1 Å². The summed E-state index contributed by atoms with van der Waals surface area (Å²) in [5.41, 5.74) is 3.55. The van der Waals surface area contributed by atoms with Gasteiger partial charge >= 0.3 is 0 Å². The second kappa shape index (κ2) is 7.03. The van der Waals surface area contributed by atoms with Crippen LogP contribution in [0.4, 0.5) is 0 Å². The number of thiazole rings is 1. The first kappa shape index (κ1) is 16.4. The molecule has 1 aliphatic heterocycles. The number of hydrogen-bond donors (Lipinski definition) is 1. The van der Waals surface area contributed by atoms with Gasteiger partial charge in [-0.2, -0.15) is 0 Å². The molecular formula is C18H18N4OS2. The van der Waals surface area contributed by atoms with Crippen molar-refractivity contribution >= 4 is 23.6 Å². The molecule has 25 heavy (non-hydrogen) atoms. The number of nitrogens with one attached hydrogen (secondary N) is 1. The third kappa shape index (κ3) is 3.63. The standard InChI is InChI=1S/C18H18N4OS2/c1-23-14-4-2-3-12(7-14)17-19-9-15(25-17)11-22-6-5-16-13(10-22)8-20-18(24)21-16/h2-4,7-9H,5-6,10-11H2,1H3,(H,20,21,24). The molecular weight excluding hydrogens is 352 g/mol. The number of methoxy groups -OCH3 is 1. The molecule has 0 bridgehead atoms. The van der Waals surface area contributed by atoms with E-state index in [9.17, 15) is 0 Å². The molecule has 0 fully saturated rings. The second-order valence-electron chi connectivity index (χ2n) is 6.02. The van der Waals surface area contributed by atoms with Gasteiger partial charge in [0.05, 0.1) is 7.11 Å². The molecule has 1 aliphatic rings. The van der Waals surface area contributed by atoms with Crippen LogP contribution in [0.3, 0.4) is 0 Å². The first-order valence-electron chi connectivity index (χ1n) is 8.10. The first-order chi connectivity index (χ1) is 12.2. The Hall–Kier alpha value is -2.09. The molecule has 3 aromatic rings. The van der Waals surface area contributed by atoms with Gasteiger partial charge in [-0.3, -0.25) is 4.90 Å². The predicted octanol–water partition coefficient (Wildman–Crippen LogP) is 3.83. The minimum Gasteiger partial charge on any atom is -0.497 e. The highest BCUT2D eigenvalue weighted by atomic mass is 32.1. The van der Waals surface area contributed by atoms with Gasteiger partial charge in [-0.05, 0) is 24.4 Å². The summed E-state index contributed by atoms with van der Waals surface area (Å²) in [4.78, 5) is 15.7. The Morgan fingerprint density at radius 2 is 2.24 bits per heavy atom. The van der Waals surface area contributed by atoms with Gasteiger partial charge in [0.1, 0.15) is 10.8 Å². The van der Waals surface area contributed by atoms with Crippen molar-refractivity contribution in [2.24, 2.45) is 0 Å². The summed E-state index contributed by atoms with van der Waals surface area (Å²) in [6, 6.07) is 8.03. The summed E-state index contributed by atoms with van der Waals surface area (Å²) < 4.78 is 5.87. The highest BCUT2D eigenvalue weighted by Crippen LogP contribution is 2.29. The molecule has 1 aromatic carbocycles. The number of rotatable bonds is 4. The van der Waals surface area contributed by atoms with E-state index in [2.05, 4.69) is 25.9 Å². The third-order valence-corrected chi connectivity index (χ3v) is 5.54. The summed E-state index contributed by atoms with van der Waals surface area (Å²) in [6.07, 6.45) is 4.85. The van der Waals surface area contributed by atoms with E-state index in [4.69, 9.17) is 17.0 Å². The molecule has 4 rings (SSSR count). The molecule has 0 atom stereocenters. The number of H-pyrrole nitrogens is 1. The average Bonchev–Trinajstić information content (AvgIpc) is 3.10. The van der Waals surface area contributed by atoms with E-state index in [-0.39, 0.29) is 0 Å². The second-order valence-corrected chi connectivity index (χ2v) is 7.52. The molecule has 3 heterocycles. The van der Waals surface area contributed by atoms with E-state index in [1.165, 1.54) is 16.1 Å². The van der Waals surface area contributed by atoms with Crippen LogP contribution in [0, 0.1) is 4.77 Å². The fraction of sp³-hybridized carbons (Fsp3) is 0.278. The monoisotopic (exact) mass is 370 g/mol. The summed E-state index contributed by atoms with van der Waals surface area (Å²) in [6.45, 7) is 2.80. The number of hydrogen-bond acceptors (Lipinski definition) is 6. The van der Waals surface area contributed by atoms with Gasteiger partial charge in [0.25, 0.3) is 0 Å². The van der Waals surface area contributed by atoms with Crippen LogP contribution < -0.4 is 4.74 Å². The maximum Gasteiger partial charge on any atom is 0.196 e. The van der Waals surface area contributed by atoms with Crippen molar-refractivity contribution < 1.29 is 4.74 Å². The first-order valence-corrected chi connectivity index (χ1v) is 9.32. The van der Waals surface area contributed by atoms with E-state index < -0.39 is 0 Å². The van der Waals surface area contributed by atoms with Crippen LogP contribution in [0.15, 0.2) is 36.7 Å². The molecule has 0 saturated heterocycles. The van der Waals surface area contributed by atoms with Gasteiger partial charge in [-0.25, -0.2) is 9.97 Å². The van der Waals surface area contributed by atoms with Crippen molar-refractivity contribution in [2.45, 2.75) is 19.5 Å². The van der Waals surface area contributed by atoms with Crippen molar-refractivity contribution in [1.29, 1.82) is 0 Å². The van der Waals surface area contributed by atoms with Crippen LogP contribution in [0.2, 0.25) is 0 Å². The van der Waals surface area contributed by atoms with Gasteiger partial charge in [-0.1, -0.05) is 12.1 Å². The Kier molecular flexibility index (Phi) is 4.61. The minimum atomic E-state index is 0.567. The Labute approximate surface area is 155 Å². The molecule has 7 heteroatoms. The molecule has 5 nitrogen and oxygen atoms in total. The SMILES string of the molecule is COc1cccc(-c2ncc(CN3CCc4[nH]c(=S)ncc4C3)s2)c1. The largest absolute Gasteiger partial charge is 0.497 e. The van der Waals surface area contributed by atoms with Crippen molar-refractivity contribution in [3.63, 3.8) is 0 Å². The quantitative estimate of drug-likeness (QED) is 0.708. The van der Waals surface area contributed by atoms with Crippen LogP contribution >= 0.6 is 23.6 Å². The Bertz CT molecular complexity index is 950. The predicted molar refractivity (Wildman–Crippen MR) is 101 cm³/mol. The minimum absolute atomic E-state index is 0.567. The molecule has 0 saturated carbocycles. The lowest BCUT2D eigenvalue weighted by atomic mass is 10.1. The van der Waals surface area contributed by atoms with Gasteiger partial charge in [0.2, 0.25) is 0 Å². The van der Waals surface area contributed by atoms with Gasteiger partial charge in [-0.15, -0.1) is 11.3 Å². The normalized spacial score (nSPS) is 14.3. The number of ether oxygens (including phenoxy) is 1.